The lowest BCUT2D eigenvalue weighted by atomic mass is 10.3. The lowest BCUT2D eigenvalue weighted by molar-refractivity contribution is 0.593. The fraction of sp³-hybridized carbons (Fsp3) is 0.500. The van der Waals surface area contributed by atoms with E-state index in [2.05, 4.69) is 54.7 Å². The summed E-state index contributed by atoms with van der Waals surface area (Å²) in [4.78, 5) is 7.12. The van der Waals surface area contributed by atoms with Crippen LogP contribution in [-0.2, 0) is 13.1 Å². The molecule has 0 aliphatic heterocycles. The fourth-order valence-electron chi connectivity index (χ4n) is 1.78. The first kappa shape index (κ1) is 13.3. The minimum absolute atomic E-state index is 0.536. The molecule has 2 aromatic rings. The van der Waals surface area contributed by atoms with E-state index in [1.165, 1.54) is 15.4 Å². The summed E-state index contributed by atoms with van der Waals surface area (Å²) in [6.07, 6.45) is 1.93. The third-order valence-electron chi connectivity index (χ3n) is 3.07. The Morgan fingerprint density at radius 2 is 2.00 bits per heavy atom. The predicted molar refractivity (Wildman–Crippen MR) is 77.1 cm³/mol. The zero-order chi connectivity index (χ0) is 13.1. The van der Waals surface area contributed by atoms with Gasteiger partial charge in [0.25, 0.3) is 0 Å². The van der Waals surface area contributed by atoms with Gasteiger partial charge < -0.3 is 9.88 Å². The monoisotopic (exact) mass is 263 g/mol. The van der Waals surface area contributed by atoms with Gasteiger partial charge >= 0.3 is 0 Å². The van der Waals surface area contributed by atoms with E-state index >= 15 is 0 Å². The maximum Gasteiger partial charge on any atom is 0.0954 e. The van der Waals surface area contributed by atoms with Crippen molar-refractivity contribution in [3.05, 3.63) is 39.6 Å². The molecule has 0 aromatic carbocycles. The van der Waals surface area contributed by atoms with Crippen LogP contribution in [0, 0.1) is 13.8 Å². The number of nitrogens with one attached hydrogen (secondary N) is 1. The van der Waals surface area contributed by atoms with E-state index in [0.29, 0.717) is 6.04 Å². The van der Waals surface area contributed by atoms with Gasteiger partial charge in [-0.1, -0.05) is 13.8 Å². The van der Waals surface area contributed by atoms with Crippen molar-refractivity contribution in [1.29, 1.82) is 0 Å². The highest BCUT2D eigenvalue weighted by Gasteiger charge is 2.05. The highest BCUT2D eigenvalue weighted by molar-refractivity contribution is 7.11. The largest absolute Gasteiger partial charge is 0.329 e. The average molecular weight is 263 g/mol. The molecule has 0 saturated heterocycles. The van der Waals surface area contributed by atoms with Crippen molar-refractivity contribution in [3.8, 4) is 0 Å². The van der Waals surface area contributed by atoms with Gasteiger partial charge in [0.1, 0.15) is 0 Å². The highest BCUT2D eigenvalue weighted by Crippen LogP contribution is 2.19. The minimum Gasteiger partial charge on any atom is -0.329 e. The van der Waals surface area contributed by atoms with E-state index in [4.69, 9.17) is 0 Å². The Morgan fingerprint density at radius 1 is 1.28 bits per heavy atom. The van der Waals surface area contributed by atoms with Crippen LogP contribution >= 0.6 is 11.3 Å². The van der Waals surface area contributed by atoms with Crippen molar-refractivity contribution in [2.24, 2.45) is 0 Å². The minimum atomic E-state index is 0.536. The smallest absolute Gasteiger partial charge is 0.0954 e. The summed E-state index contributed by atoms with van der Waals surface area (Å²) in [5.41, 5.74) is 2.37. The van der Waals surface area contributed by atoms with E-state index in [9.17, 15) is 0 Å². The molecule has 0 radical (unpaired) electrons. The van der Waals surface area contributed by atoms with Crippen LogP contribution in [0.15, 0.2) is 18.5 Å². The molecular formula is C14H21N3S. The van der Waals surface area contributed by atoms with Gasteiger partial charge in [0, 0.05) is 28.0 Å². The van der Waals surface area contributed by atoms with Gasteiger partial charge in [0.15, 0.2) is 0 Å². The van der Waals surface area contributed by atoms with Crippen LogP contribution in [0.25, 0.3) is 0 Å². The Bertz CT molecular complexity index is 511. The van der Waals surface area contributed by atoms with Gasteiger partial charge in [0.05, 0.1) is 18.6 Å². The first-order chi connectivity index (χ1) is 8.56. The first-order valence-electron chi connectivity index (χ1n) is 6.35. The molecule has 1 N–H and O–H groups in total. The SMILES string of the molecule is Cc1ncn(Cc2ccc(CNC(C)C)s2)c1C. The molecule has 0 atom stereocenters. The van der Waals surface area contributed by atoms with Crippen LogP contribution < -0.4 is 5.32 Å². The van der Waals surface area contributed by atoms with Crippen molar-refractivity contribution in [2.45, 2.75) is 46.8 Å². The number of hydrogen-bond donors (Lipinski definition) is 1. The van der Waals surface area contributed by atoms with Crippen LogP contribution in [0.3, 0.4) is 0 Å². The lowest BCUT2D eigenvalue weighted by Gasteiger charge is -2.05. The number of rotatable bonds is 5. The molecule has 0 aliphatic rings. The highest BCUT2D eigenvalue weighted by atomic mass is 32.1. The standard InChI is InChI=1S/C14H21N3S/c1-10(2)15-7-13-5-6-14(18-13)8-17-9-16-11(3)12(17)4/h5-6,9-10,15H,7-8H2,1-4H3. The van der Waals surface area contributed by atoms with E-state index in [1.807, 2.05) is 17.7 Å². The van der Waals surface area contributed by atoms with Gasteiger partial charge in [-0.25, -0.2) is 4.98 Å². The van der Waals surface area contributed by atoms with Gasteiger partial charge in [0.2, 0.25) is 0 Å². The van der Waals surface area contributed by atoms with Gasteiger partial charge in [-0.15, -0.1) is 11.3 Å². The molecule has 0 aliphatic carbocycles. The van der Waals surface area contributed by atoms with E-state index < -0.39 is 0 Å². The van der Waals surface area contributed by atoms with E-state index in [1.54, 1.807) is 0 Å². The summed E-state index contributed by atoms with van der Waals surface area (Å²) in [6, 6.07) is 4.97. The maximum atomic E-state index is 4.33. The van der Waals surface area contributed by atoms with Crippen LogP contribution in [0.5, 0.6) is 0 Å². The third kappa shape index (κ3) is 3.21. The Balaban J connectivity index is 2.00. The second kappa shape index (κ2) is 5.67. The lowest BCUT2D eigenvalue weighted by Crippen LogP contribution is -2.21. The molecule has 3 nitrogen and oxygen atoms in total. The first-order valence-corrected chi connectivity index (χ1v) is 7.17. The average Bonchev–Trinajstić information content (AvgIpc) is 2.89. The fourth-order valence-corrected chi connectivity index (χ4v) is 2.75. The Morgan fingerprint density at radius 3 is 2.61 bits per heavy atom. The van der Waals surface area contributed by atoms with Gasteiger partial charge in [-0.2, -0.15) is 0 Å². The molecule has 0 unspecified atom stereocenters. The van der Waals surface area contributed by atoms with Crippen molar-refractivity contribution < 1.29 is 0 Å². The van der Waals surface area contributed by atoms with Crippen molar-refractivity contribution in [2.75, 3.05) is 0 Å². The summed E-state index contributed by atoms with van der Waals surface area (Å²) < 4.78 is 2.21. The topological polar surface area (TPSA) is 29.9 Å². The zero-order valence-electron chi connectivity index (χ0n) is 11.5. The number of imidazole rings is 1. The number of aryl methyl sites for hydroxylation is 1. The molecule has 4 heteroatoms. The van der Waals surface area contributed by atoms with Crippen LogP contribution in [0.4, 0.5) is 0 Å². The number of hydrogen-bond acceptors (Lipinski definition) is 3. The van der Waals surface area contributed by atoms with E-state index in [0.717, 1.165) is 18.8 Å². The normalized spacial score (nSPS) is 11.4. The van der Waals surface area contributed by atoms with Crippen molar-refractivity contribution in [3.63, 3.8) is 0 Å². The number of aromatic nitrogens is 2. The predicted octanol–water partition coefficient (Wildman–Crippen LogP) is 3.11. The molecule has 2 heterocycles. The van der Waals surface area contributed by atoms with Crippen molar-refractivity contribution >= 4 is 11.3 Å². The summed E-state index contributed by atoms with van der Waals surface area (Å²) in [6.45, 7) is 10.4. The summed E-state index contributed by atoms with van der Waals surface area (Å²) >= 11 is 1.88. The number of thiophene rings is 1. The molecule has 2 rings (SSSR count). The Hall–Kier alpha value is -1.13. The second-order valence-electron chi connectivity index (χ2n) is 4.95. The molecule has 0 fully saturated rings. The molecular weight excluding hydrogens is 242 g/mol. The van der Waals surface area contributed by atoms with Crippen LogP contribution in [-0.4, -0.2) is 15.6 Å². The van der Waals surface area contributed by atoms with E-state index in [-0.39, 0.29) is 0 Å². The molecule has 0 spiro atoms. The Kier molecular flexibility index (Phi) is 4.19. The molecule has 98 valence electrons. The Labute approximate surface area is 113 Å². The third-order valence-corrected chi connectivity index (χ3v) is 4.14. The molecule has 2 aromatic heterocycles. The van der Waals surface area contributed by atoms with Crippen molar-refractivity contribution in [1.82, 2.24) is 14.9 Å². The molecule has 0 bridgehead atoms. The quantitative estimate of drug-likeness (QED) is 0.898. The summed E-state index contributed by atoms with van der Waals surface area (Å²) in [7, 11) is 0. The number of nitrogens with zero attached hydrogens (tertiary/aromatic N) is 2. The molecule has 18 heavy (non-hydrogen) atoms. The van der Waals surface area contributed by atoms with Crippen LogP contribution in [0.2, 0.25) is 0 Å². The second-order valence-corrected chi connectivity index (χ2v) is 6.20. The van der Waals surface area contributed by atoms with Gasteiger partial charge in [-0.05, 0) is 26.0 Å². The molecule has 0 amide bonds. The van der Waals surface area contributed by atoms with Crippen LogP contribution in [0.1, 0.15) is 35.0 Å². The molecule has 0 saturated carbocycles. The summed E-state index contributed by atoms with van der Waals surface area (Å²) in [5, 5.41) is 3.45. The maximum absolute atomic E-state index is 4.33. The summed E-state index contributed by atoms with van der Waals surface area (Å²) in [5.74, 6) is 0. The zero-order valence-corrected chi connectivity index (χ0v) is 12.3. The van der Waals surface area contributed by atoms with Gasteiger partial charge in [-0.3, -0.25) is 0 Å².